The lowest BCUT2D eigenvalue weighted by Crippen LogP contribution is -2.29. The van der Waals surface area contributed by atoms with Gasteiger partial charge in [0.05, 0.1) is 11.3 Å². The quantitative estimate of drug-likeness (QED) is 0.898. The molecule has 2 amide bonds. The number of carbonyl (C=O) groups excluding carboxylic acids is 2. The third kappa shape index (κ3) is 1.85. The second-order valence-corrected chi connectivity index (χ2v) is 6.17. The minimum Gasteiger partial charge on any atom is -0.369 e. The number of hydrogen-bond acceptors (Lipinski definition) is 5. The van der Waals surface area contributed by atoms with Gasteiger partial charge >= 0.3 is 0 Å². The Morgan fingerprint density at radius 2 is 2.20 bits per heavy atom. The first kappa shape index (κ1) is 13.0. The average molecular weight is 290 g/mol. The molecule has 2 aromatic heterocycles. The average Bonchev–Trinajstić information content (AvgIpc) is 2.92. The van der Waals surface area contributed by atoms with Crippen molar-refractivity contribution < 1.29 is 9.59 Å². The Labute approximate surface area is 119 Å². The number of rotatable bonds is 2. The van der Waals surface area contributed by atoms with Gasteiger partial charge in [0, 0.05) is 17.8 Å². The number of fused-ring (bicyclic) bond motifs is 1. The third-order valence-electron chi connectivity index (χ3n) is 3.73. The van der Waals surface area contributed by atoms with Crippen LogP contribution in [0.15, 0.2) is 6.33 Å². The summed E-state index contributed by atoms with van der Waals surface area (Å²) in [7, 11) is 0. The second kappa shape index (κ2) is 4.52. The van der Waals surface area contributed by atoms with Crippen LogP contribution in [0, 0.1) is 19.8 Å². The van der Waals surface area contributed by atoms with Gasteiger partial charge in [-0.1, -0.05) is 0 Å². The lowest BCUT2D eigenvalue weighted by molar-refractivity contribution is -0.123. The van der Waals surface area contributed by atoms with Gasteiger partial charge in [-0.2, -0.15) is 0 Å². The van der Waals surface area contributed by atoms with Crippen molar-refractivity contribution >= 4 is 39.2 Å². The largest absolute Gasteiger partial charge is 0.369 e. The zero-order valence-corrected chi connectivity index (χ0v) is 12.0. The number of amides is 2. The molecule has 0 aromatic carbocycles. The summed E-state index contributed by atoms with van der Waals surface area (Å²) in [4.78, 5) is 35.5. The summed E-state index contributed by atoms with van der Waals surface area (Å²) in [5.41, 5.74) is 6.38. The van der Waals surface area contributed by atoms with E-state index in [0.717, 1.165) is 20.7 Å². The number of carbonyl (C=O) groups is 2. The van der Waals surface area contributed by atoms with E-state index in [2.05, 4.69) is 9.97 Å². The number of hydrogen-bond donors (Lipinski definition) is 1. The Kier molecular flexibility index (Phi) is 2.93. The molecule has 3 rings (SSSR count). The van der Waals surface area contributed by atoms with Crippen LogP contribution in [-0.4, -0.2) is 28.3 Å². The van der Waals surface area contributed by atoms with Crippen LogP contribution in [-0.2, 0) is 9.59 Å². The zero-order chi connectivity index (χ0) is 14.4. The van der Waals surface area contributed by atoms with Crippen molar-refractivity contribution in [2.75, 3.05) is 11.4 Å². The topological polar surface area (TPSA) is 89.2 Å². The molecule has 1 aliphatic heterocycles. The summed E-state index contributed by atoms with van der Waals surface area (Å²) >= 11 is 1.58. The van der Waals surface area contributed by atoms with Gasteiger partial charge < -0.3 is 5.73 Å². The second-order valence-electron chi connectivity index (χ2n) is 4.97. The van der Waals surface area contributed by atoms with Crippen LogP contribution >= 0.6 is 11.3 Å². The molecule has 1 unspecified atom stereocenters. The lowest BCUT2D eigenvalue weighted by Gasteiger charge is -2.16. The third-order valence-corrected chi connectivity index (χ3v) is 4.84. The number of thiophene rings is 1. The zero-order valence-electron chi connectivity index (χ0n) is 11.2. The van der Waals surface area contributed by atoms with E-state index in [9.17, 15) is 9.59 Å². The van der Waals surface area contributed by atoms with E-state index >= 15 is 0 Å². The van der Waals surface area contributed by atoms with Crippen molar-refractivity contribution in [2.45, 2.75) is 20.3 Å². The van der Waals surface area contributed by atoms with E-state index in [-0.39, 0.29) is 12.3 Å². The van der Waals surface area contributed by atoms with Crippen LogP contribution in [0.25, 0.3) is 10.2 Å². The molecule has 0 aliphatic carbocycles. The minimum absolute atomic E-state index is 0.114. The number of aromatic nitrogens is 2. The summed E-state index contributed by atoms with van der Waals surface area (Å²) in [5, 5.41) is 0.897. The molecule has 0 bridgehead atoms. The molecule has 0 saturated carbocycles. The Balaban J connectivity index is 2.11. The summed E-state index contributed by atoms with van der Waals surface area (Å²) in [6.07, 6.45) is 1.61. The SMILES string of the molecule is Cc1sc2ncnc(N3CC(C(N)=O)CC3=O)c2c1C. The van der Waals surface area contributed by atoms with Crippen LogP contribution < -0.4 is 10.6 Å². The predicted molar refractivity (Wildman–Crippen MR) is 76.5 cm³/mol. The molecule has 3 heterocycles. The monoisotopic (exact) mass is 290 g/mol. The Bertz CT molecular complexity index is 724. The van der Waals surface area contributed by atoms with Crippen molar-refractivity contribution in [1.29, 1.82) is 0 Å². The number of nitrogens with two attached hydrogens (primary N) is 1. The molecule has 6 nitrogen and oxygen atoms in total. The first-order chi connectivity index (χ1) is 9.49. The van der Waals surface area contributed by atoms with Crippen LogP contribution in [0.4, 0.5) is 5.82 Å². The van der Waals surface area contributed by atoms with Gasteiger partial charge in [-0.15, -0.1) is 11.3 Å². The van der Waals surface area contributed by atoms with Gasteiger partial charge in [0.15, 0.2) is 0 Å². The Hall–Kier alpha value is -2.02. The Morgan fingerprint density at radius 3 is 2.85 bits per heavy atom. The van der Waals surface area contributed by atoms with Crippen LogP contribution in [0.3, 0.4) is 0 Å². The van der Waals surface area contributed by atoms with E-state index in [0.29, 0.717) is 12.4 Å². The van der Waals surface area contributed by atoms with Crippen molar-refractivity contribution in [3.63, 3.8) is 0 Å². The molecule has 1 atom stereocenters. The number of aryl methyl sites for hydroxylation is 2. The predicted octanol–water partition coefficient (Wildman–Crippen LogP) is 1.15. The van der Waals surface area contributed by atoms with Crippen molar-refractivity contribution in [3.8, 4) is 0 Å². The molecule has 1 saturated heterocycles. The molecule has 2 N–H and O–H groups in total. The maximum atomic E-state index is 12.1. The molecule has 104 valence electrons. The van der Waals surface area contributed by atoms with Gasteiger partial charge in [0.2, 0.25) is 11.8 Å². The summed E-state index contributed by atoms with van der Waals surface area (Å²) in [6.45, 7) is 4.31. The summed E-state index contributed by atoms with van der Waals surface area (Å²) < 4.78 is 0. The van der Waals surface area contributed by atoms with Crippen LogP contribution in [0.1, 0.15) is 16.9 Å². The Morgan fingerprint density at radius 1 is 1.45 bits per heavy atom. The molecule has 0 spiro atoms. The molecule has 1 fully saturated rings. The number of nitrogens with zero attached hydrogens (tertiary/aromatic N) is 3. The van der Waals surface area contributed by atoms with E-state index in [1.165, 1.54) is 6.33 Å². The maximum Gasteiger partial charge on any atom is 0.229 e. The first-order valence-electron chi connectivity index (χ1n) is 6.29. The molecule has 1 aliphatic rings. The van der Waals surface area contributed by atoms with Crippen molar-refractivity contribution in [2.24, 2.45) is 11.7 Å². The van der Waals surface area contributed by atoms with Gasteiger partial charge in [-0.3, -0.25) is 14.5 Å². The van der Waals surface area contributed by atoms with Gasteiger partial charge in [0.25, 0.3) is 0 Å². The molecular weight excluding hydrogens is 276 g/mol. The van der Waals surface area contributed by atoms with Gasteiger partial charge in [-0.25, -0.2) is 9.97 Å². The molecular formula is C13H14N4O2S. The fraction of sp³-hybridized carbons (Fsp3) is 0.385. The summed E-state index contributed by atoms with van der Waals surface area (Å²) in [6, 6.07) is 0. The normalized spacial score (nSPS) is 19.0. The van der Waals surface area contributed by atoms with Crippen molar-refractivity contribution in [3.05, 3.63) is 16.8 Å². The summed E-state index contributed by atoms with van der Waals surface area (Å²) in [5.74, 6) is -0.403. The molecule has 7 heteroatoms. The molecule has 2 aromatic rings. The number of primary amides is 1. The van der Waals surface area contributed by atoms with E-state index in [1.54, 1.807) is 16.2 Å². The van der Waals surface area contributed by atoms with Gasteiger partial charge in [-0.05, 0) is 19.4 Å². The van der Waals surface area contributed by atoms with E-state index in [1.807, 2.05) is 13.8 Å². The fourth-order valence-electron chi connectivity index (χ4n) is 2.47. The van der Waals surface area contributed by atoms with Crippen LogP contribution in [0.2, 0.25) is 0 Å². The van der Waals surface area contributed by atoms with Crippen LogP contribution in [0.5, 0.6) is 0 Å². The highest BCUT2D eigenvalue weighted by Gasteiger charge is 2.35. The first-order valence-corrected chi connectivity index (χ1v) is 7.11. The standard InChI is InChI=1S/C13H14N4O2S/c1-6-7(2)20-13-10(6)12(15-5-16-13)17-4-8(11(14)19)3-9(17)18/h5,8H,3-4H2,1-2H3,(H2,14,19). The van der Waals surface area contributed by atoms with Gasteiger partial charge in [0.1, 0.15) is 17.0 Å². The number of anilines is 1. The highest BCUT2D eigenvalue weighted by Crippen LogP contribution is 2.36. The maximum absolute atomic E-state index is 12.1. The minimum atomic E-state index is -0.440. The van der Waals surface area contributed by atoms with Crippen molar-refractivity contribution in [1.82, 2.24) is 9.97 Å². The smallest absolute Gasteiger partial charge is 0.229 e. The van der Waals surface area contributed by atoms with E-state index < -0.39 is 11.8 Å². The fourth-order valence-corrected chi connectivity index (χ4v) is 3.46. The highest BCUT2D eigenvalue weighted by atomic mass is 32.1. The molecule has 20 heavy (non-hydrogen) atoms. The molecule has 0 radical (unpaired) electrons. The lowest BCUT2D eigenvalue weighted by atomic mass is 10.1. The van der Waals surface area contributed by atoms with E-state index in [4.69, 9.17) is 5.73 Å². The highest BCUT2D eigenvalue weighted by molar-refractivity contribution is 7.18.